The molecule has 1 aromatic heterocycles. The molecule has 0 bridgehead atoms. The number of nitrogens with zero attached hydrogens (tertiary/aromatic N) is 1. The number of carbonyl (C=O) groups excluding carboxylic acids is 2. The zero-order chi connectivity index (χ0) is 18.9. The van der Waals surface area contributed by atoms with E-state index in [0.29, 0.717) is 12.4 Å². The van der Waals surface area contributed by atoms with Gasteiger partial charge in [0.2, 0.25) is 11.8 Å². The monoisotopic (exact) mass is 357 g/mol. The Morgan fingerprint density at radius 3 is 2.62 bits per heavy atom. The highest BCUT2D eigenvalue weighted by Gasteiger charge is 2.06. The maximum absolute atomic E-state index is 11.7. The third-order valence-electron chi connectivity index (χ3n) is 3.51. The molecule has 0 aliphatic heterocycles. The molecule has 2 rings (SSSR count). The molecule has 2 amide bonds. The first-order chi connectivity index (χ1) is 12.5. The molecule has 0 fully saturated rings. The second-order valence-electron chi connectivity index (χ2n) is 5.73. The number of aromatic nitrogens is 1. The SMILES string of the molecule is CCOC(=O)NCC(=O)NCc1ccc(Oc2cc(C)ccc2C)nc1. The van der Waals surface area contributed by atoms with Crippen LogP contribution >= 0.6 is 0 Å². The maximum atomic E-state index is 11.7. The van der Waals surface area contributed by atoms with Gasteiger partial charge in [-0.15, -0.1) is 0 Å². The summed E-state index contributed by atoms with van der Waals surface area (Å²) in [6.07, 6.45) is 1.02. The van der Waals surface area contributed by atoms with Crippen molar-refractivity contribution in [2.75, 3.05) is 13.2 Å². The van der Waals surface area contributed by atoms with Gasteiger partial charge in [-0.3, -0.25) is 4.79 Å². The van der Waals surface area contributed by atoms with Gasteiger partial charge >= 0.3 is 6.09 Å². The average molecular weight is 357 g/mol. The van der Waals surface area contributed by atoms with Crippen molar-refractivity contribution in [2.45, 2.75) is 27.3 Å². The van der Waals surface area contributed by atoms with Crippen molar-refractivity contribution in [3.63, 3.8) is 0 Å². The smallest absolute Gasteiger partial charge is 0.407 e. The first-order valence-corrected chi connectivity index (χ1v) is 8.35. The molecule has 0 aliphatic carbocycles. The van der Waals surface area contributed by atoms with Gasteiger partial charge in [0.1, 0.15) is 12.3 Å². The highest BCUT2D eigenvalue weighted by atomic mass is 16.5. The van der Waals surface area contributed by atoms with E-state index in [2.05, 4.69) is 20.4 Å². The Labute approximate surface area is 152 Å². The molecular weight excluding hydrogens is 334 g/mol. The molecule has 1 aromatic carbocycles. The molecule has 2 aromatic rings. The van der Waals surface area contributed by atoms with Crippen molar-refractivity contribution in [2.24, 2.45) is 0 Å². The van der Waals surface area contributed by atoms with Gasteiger partial charge in [-0.1, -0.05) is 18.2 Å². The first kappa shape index (κ1) is 19.2. The van der Waals surface area contributed by atoms with Crippen molar-refractivity contribution in [3.8, 4) is 11.6 Å². The number of amides is 2. The molecule has 0 saturated heterocycles. The zero-order valence-electron chi connectivity index (χ0n) is 15.2. The summed E-state index contributed by atoms with van der Waals surface area (Å²) in [6, 6.07) is 9.56. The molecule has 0 saturated carbocycles. The fourth-order valence-corrected chi connectivity index (χ4v) is 2.10. The standard InChI is InChI=1S/C19H23N3O4/c1-4-25-19(24)22-12-17(23)20-10-15-7-8-18(21-11-15)26-16-9-13(2)5-6-14(16)3/h5-9,11H,4,10,12H2,1-3H3,(H,20,23)(H,22,24). The first-order valence-electron chi connectivity index (χ1n) is 8.35. The van der Waals surface area contributed by atoms with Crippen molar-refractivity contribution in [1.82, 2.24) is 15.6 Å². The number of alkyl carbamates (subject to hydrolysis) is 1. The number of pyridine rings is 1. The van der Waals surface area contributed by atoms with Crippen LogP contribution in [0, 0.1) is 13.8 Å². The maximum Gasteiger partial charge on any atom is 0.407 e. The van der Waals surface area contributed by atoms with Crippen LogP contribution in [0.1, 0.15) is 23.6 Å². The molecular formula is C19H23N3O4. The van der Waals surface area contributed by atoms with E-state index in [0.717, 1.165) is 22.4 Å². The quantitative estimate of drug-likeness (QED) is 0.795. The van der Waals surface area contributed by atoms with Crippen molar-refractivity contribution in [3.05, 3.63) is 53.2 Å². The molecule has 1 heterocycles. The molecule has 0 unspecified atom stereocenters. The highest BCUT2D eigenvalue weighted by molar-refractivity contribution is 5.82. The van der Waals surface area contributed by atoms with Crippen LogP contribution in [0.2, 0.25) is 0 Å². The third-order valence-corrected chi connectivity index (χ3v) is 3.51. The predicted molar refractivity (Wildman–Crippen MR) is 97.1 cm³/mol. The van der Waals surface area contributed by atoms with Crippen LogP contribution in [0.3, 0.4) is 0 Å². The van der Waals surface area contributed by atoms with Gasteiger partial charge in [-0.2, -0.15) is 0 Å². The number of hydrogen-bond donors (Lipinski definition) is 2. The van der Waals surface area contributed by atoms with Crippen LogP contribution in [0.4, 0.5) is 4.79 Å². The normalized spacial score (nSPS) is 10.1. The van der Waals surface area contributed by atoms with Crippen LogP contribution in [-0.4, -0.2) is 30.1 Å². The molecule has 2 N–H and O–H groups in total. The largest absolute Gasteiger partial charge is 0.450 e. The minimum absolute atomic E-state index is 0.139. The summed E-state index contributed by atoms with van der Waals surface area (Å²) in [5.41, 5.74) is 2.96. The highest BCUT2D eigenvalue weighted by Crippen LogP contribution is 2.24. The Kier molecular flexibility index (Phi) is 6.96. The van der Waals surface area contributed by atoms with Gasteiger partial charge in [-0.25, -0.2) is 9.78 Å². The lowest BCUT2D eigenvalue weighted by molar-refractivity contribution is -0.120. The fourth-order valence-electron chi connectivity index (χ4n) is 2.10. The van der Waals surface area contributed by atoms with E-state index in [9.17, 15) is 9.59 Å². The van der Waals surface area contributed by atoms with Crippen LogP contribution in [0.5, 0.6) is 11.6 Å². The van der Waals surface area contributed by atoms with Gasteiger partial charge in [0.15, 0.2) is 0 Å². The molecule has 7 nitrogen and oxygen atoms in total. The van der Waals surface area contributed by atoms with Crippen molar-refractivity contribution in [1.29, 1.82) is 0 Å². The zero-order valence-corrected chi connectivity index (χ0v) is 15.2. The third kappa shape index (κ3) is 6.08. The molecule has 7 heteroatoms. The van der Waals surface area contributed by atoms with Crippen molar-refractivity contribution < 1.29 is 19.1 Å². The number of hydrogen-bond acceptors (Lipinski definition) is 5. The van der Waals surface area contributed by atoms with Crippen molar-refractivity contribution >= 4 is 12.0 Å². The lowest BCUT2D eigenvalue weighted by Gasteiger charge is -2.10. The Bertz CT molecular complexity index is 760. The molecule has 0 radical (unpaired) electrons. The summed E-state index contributed by atoms with van der Waals surface area (Å²) in [7, 11) is 0. The van der Waals surface area contributed by atoms with E-state index in [-0.39, 0.29) is 19.1 Å². The summed E-state index contributed by atoms with van der Waals surface area (Å²) < 4.78 is 10.5. The predicted octanol–water partition coefficient (Wildman–Crippen LogP) is 2.85. The second-order valence-corrected chi connectivity index (χ2v) is 5.73. The molecule has 0 spiro atoms. The van der Waals surface area contributed by atoms with Gasteiger partial charge < -0.3 is 20.1 Å². The Hall–Kier alpha value is -3.09. The second kappa shape index (κ2) is 9.41. The van der Waals surface area contributed by atoms with E-state index in [1.165, 1.54) is 0 Å². The molecule has 26 heavy (non-hydrogen) atoms. The van der Waals surface area contributed by atoms with Gasteiger partial charge in [0, 0.05) is 18.8 Å². The van der Waals surface area contributed by atoms with Gasteiger partial charge in [-0.05, 0) is 43.5 Å². The number of benzene rings is 1. The fraction of sp³-hybridized carbons (Fsp3) is 0.316. The number of aryl methyl sites for hydroxylation is 2. The van der Waals surface area contributed by atoms with Crippen LogP contribution in [0.15, 0.2) is 36.5 Å². The van der Waals surface area contributed by atoms with E-state index < -0.39 is 6.09 Å². The Morgan fingerprint density at radius 1 is 1.12 bits per heavy atom. The van der Waals surface area contributed by atoms with E-state index in [1.807, 2.05) is 38.1 Å². The lowest BCUT2D eigenvalue weighted by atomic mass is 10.1. The number of nitrogens with one attached hydrogen (secondary N) is 2. The van der Waals surface area contributed by atoms with Crippen LogP contribution in [0.25, 0.3) is 0 Å². The van der Waals surface area contributed by atoms with Gasteiger partial charge in [0.05, 0.1) is 6.61 Å². The summed E-state index contributed by atoms with van der Waals surface area (Å²) >= 11 is 0. The number of ether oxygens (including phenoxy) is 2. The number of rotatable bonds is 7. The Morgan fingerprint density at radius 2 is 1.92 bits per heavy atom. The van der Waals surface area contributed by atoms with Crippen LogP contribution < -0.4 is 15.4 Å². The summed E-state index contributed by atoms with van der Waals surface area (Å²) in [5, 5.41) is 5.05. The minimum Gasteiger partial charge on any atom is -0.450 e. The topological polar surface area (TPSA) is 89.5 Å². The van der Waals surface area contributed by atoms with E-state index in [4.69, 9.17) is 4.74 Å². The Balaban J connectivity index is 1.83. The van der Waals surface area contributed by atoms with Gasteiger partial charge in [0.25, 0.3) is 0 Å². The molecule has 0 aliphatic rings. The lowest BCUT2D eigenvalue weighted by Crippen LogP contribution is -2.36. The average Bonchev–Trinajstić information content (AvgIpc) is 2.63. The van der Waals surface area contributed by atoms with E-state index >= 15 is 0 Å². The molecule has 0 atom stereocenters. The summed E-state index contributed by atoms with van der Waals surface area (Å²) in [4.78, 5) is 27.1. The van der Waals surface area contributed by atoms with Crippen LogP contribution in [-0.2, 0) is 16.1 Å². The molecule has 138 valence electrons. The number of carbonyl (C=O) groups is 2. The van der Waals surface area contributed by atoms with E-state index in [1.54, 1.807) is 19.2 Å². The summed E-state index contributed by atoms with van der Waals surface area (Å²) in [5.74, 6) is 0.940. The minimum atomic E-state index is -0.614. The summed E-state index contributed by atoms with van der Waals surface area (Å²) in [6.45, 7) is 6.10.